The van der Waals surface area contributed by atoms with Gasteiger partial charge in [-0.2, -0.15) is 0 Å². The van der Waals surface area contributed by atoms with Gasteiger partial charge in [-0.15, -0.1) is 5.10 Å². The summed E-state index contributed by atoms with van der Waals surface area (Å²) < 4.78 is 0. The van der Waals surface area contributed by atoms with Crippen molar-refractivity contribution in [3.63, 3.8) is 0 Å². The average molecular weight is 312 g/mol. The molecule has 1 aliphatic rings. The van der Waals surface area contributed by atoms with Crippen molar-refractivity contribution < 1.29 is 9.90 Å². The van der Waals surface area contributed by atoms with E-state index in [1.54, 1.807) is 11.8 Å². The van der Waals surface area contributed by atoms with Gasteiger partial charge in [0, 0.05) is 11.8 Å². The van der Waals surface area contributed by atoms with Gasteiger partial charge in [-0.1, -0.05) is 18.2 Å². The second kappa shape index (κ2) is 6.79. The van der Waals surface area contributed by atoms with Crippen molar-refractivity contribution in [3.05, 3.63) is 5.82 Å². The van der Waals surface area contributed by atoms with Crippen molar-refractivity contribution in [1.29, 1.82) is 0 Å². The van der Waals surface area contributed by atoms with Gasteiger partial charge < -0.3 is 5.11 Å². The molecule has 1 aromatic heterocycles. The van der Waals surface area contributed by atoms with E-state index in [0.29, 0.717) is 0 Å². The maximum absolute atomic E-state index is 11.8. The molecule has 1 heterocycles. The van der Waals surface area contributed by atoms with Gasteiger partial charge in [0.1, 0.15) is 11.4 Å². The summed E-state index contributed by atoms with van der Waals surface area (Å²) in [6.45, 7) is 5.88. The molecule has 0 spiro atoms. The molecule has 2 unspecified atom stereocenters. The van der Waals surface area contributed by atoms with Crippen molar-refractivity contribution in [2.45, 2.75) is 63.2 Å². The number of aromatic nitrogens is 3. The van der Waals surface area contributed by atoms with E-state index in [1.165, 1.54) is 0 Å². The number of hydrogen-bond donors (Lipinski definition) is 3. The van der Waals surface area contributed by atoms with Gasteiger partial charge in [0.15, 0.2) is 0 Å². The molecule has 1 aromatic rings. The highest BCUT2D eigenvalue weighted by molar-refractivity contribution is 7.99. The predicted molar refractivity (Wildman–Crippen MR) is 82.4 cm³/mol. The molecule has 2 rings (SSSR count). The quantitative estimate of drug-likeness (QED) is 0.669. The third-order valence-corrected chi connectivity index (χ3v) is 4.90. The van der Waals surface area contributed by atoms with Crippen LogP contribution < -0.4 is 5.32 Å². The van der Waals surface area contributed by atoms with Crippen LogP contribution in [-0.4, -0.2) is 43.6 Å². The molecule has 1 saturated carbocycles. The van der Waals surface area contributed by atoms with Crippen molar-refractivity contribution in [2.24, 2.45) is 5.92 Å². The third kappa shape index (κ3) is 3.77. The van der Waals surface area contributed by atoms with Crippen molar-refractivity contribution in [3.8, 4) is 0 Å². The van der Waals surface area contributed by atoms with E-state index in [2.05, 4.69) is 20.5 Å². The Hall–Kier alpha value is -1.08. The Bertz CT molecular complexity index is 491. The summed E-state index contributed by atoms with van der Waals surface area (Å²) in [5.74, 6) is 1.11. The molecule has 0 radical (unpaired) electrons. The molecule has 3 N–H and O–H groups in total. The second-order valence-corrected chi connectivity index (χ2v) is 7.07. The van der Waals surface area contributed by atoms with Crippen LogP contribution in [0.1, 0.15) is 45.4 Å². The minimum atomic E-state index is -0.760. The van der Waals surface area contributed by atoms with Gasteiger partial charge >= 0.3 is 5.97 Å². The van der Waals surface area contributed by atoms with E-state index >= 15 is 0 Å². The highest BCUT2D eigenvalue weighted by Crippen LogP contribution is 2.39. The van der Waals surface area contributed by atoms with Crippen LogP contribution >= 0.6 is 11.8 Å². The molecular weight excluding hydrogens is 288 g/mol. The Morgan fingerprint density at radius 2 is 2.38 bits per heavy atom. The van der Waals surface area contributed by atoms with E-state index in [9.17, 15) is 9.90 Å². The molecule has 0 aromatic carbocycles. The van der Waals surface area contributed by atoms with Crippen LogP contribution in [0.2, 0.25) is 0 Å². The van der Waals surface area contributed by atoms with Crippen LogP contribution in [0.5, 0.6) is 0 Å². The number of aliphatic carboxylic acids is 1. The minimum absolute atomic E-state index is 0.171. The van der Waals surface area contributed by atoms with Crippen LogP contribution in [0.3, 0.4) is 0 Å². The second-order valence-electron chi connectivity index (χ2n) is 6.01. The number of aryl methyl sites for hydroxylation is 1. The Labute approximate surface area is 129 Å². The first-order valence-electron chi connectivity index (χ1n) is 7.47. The number of nitrogens with one attached hydrogen (secondary N) is 2. The number of carbonyl (C=O) groups is 1. The molecule has 21 heavy (non-hydrogen) atoms. The molecule has 6 nitrogen and oxygen atoms in total. The largest absolute Gasteiger partial charge is 0.480 e. The van der Waals surface area contributed by atoms with E-state index in [1.807, 2.05) is 20.8 Å². The number of rotatable bonds is 7. The standard InChI is InChI=1S/C14H24N4O2S/c1-9(2)16-14(12(19)20)7-4-5-11(14)6-8-21-13-15-10(3)17-18-13/h9,11,16H,4-8H2,1-3H3,(H,19,20)(H,15,17,18). The average Bonchev–Trinajstić information content (AvgIpc) is 2.97. The normalized spacial score (nSPS) is 25.6. The summed E-state index contributed by atoms with van der Waals surface area (Å²) >= 11 is 1.59. The van der Waals surface area contributed by atoms with Crippen LogP contribution in [0.15, 0.2) is 5.16 Å². The molecule has 1 fully saturated rings. The number of carboxylic acids is 1. The SMILES string of the molecule is Cc1nc(SCCC2CCCC2(NC(C)C)C(=O)O)n[nH]1. The zero-order valence-corrected chi connectivity index (χ0v) is 13.7. The Morgan fingerprint density at radius 1 is 1.62 bits per heavy atom. The molecule has 118 valence electrons. The van der Waals surface area contributed by atoms with Crippen LogP contribution in [-0.2, 0) is 4.79 Å². The Morgan fingerprint density at radius 3 is 2.95 bits per heavy atom. The van der Waals surface area contributed by atoms with Crippen LogP contribution in [0.4, 0.5) is 0 Å². The minimum Gasteiger partial charge on any atom is -0.480 e. The molecule has 0 amide bonds. The maximum Gasteiger partial charge on any atom is 0.324 e. The molecule has 0 aliphatic heterocycles. The summed E-state index contributed by atoms with van der Waals surface area (Å²) in [6.07, 6.45) is 3.53. The van der Waals surface area contributed by atoms with Gasteiger partial charge in [-0.25, -0.2) is 4.98 Å². The lowest BCUT2D eigenvalue weighted by atomic mass is 9.84. The summed E-state index contributed by atoms with van der Waals surface area (Å²) in [6, 6.07) is 0.171. The van der Waals surface area contributed by atoms with Crippen molar-refractivity contribution in [2.75, 3.05) is 5.75 Å². The first kappa shape index (κ1) is 16.3. The lowest BCUT2D eigenvalue weighted by Crippen LogP contribution is -2.57. The molecule has 0 saturated heterocycles. The summed E-state index contributed by atoms with van der Waals surface area (Å²) in [7, 11) is 0. The van der Waals surface area contributed by atoms with Crippen LogP contribution in [0.25, 0.3) is 0 Å². The topological polar surface area (TPSA) is 90.9 Å². The number of nitrogens with zero attached hydrogens (tertiary/aromatic N) is 2. The first-order valence-corrected chi connectivity index (χ1v) is 8.45. The van der Waals surface area contributed by atoms with E-state index in [4.69, 9.17) is 0 Å². The van der Waals surface area contributed by atoms with Gasteiger partial charge in [-0.3, -0.25) is 15.2 Å². The van der Waals surface area contributed by atoms with Gasteiger partial charge in [0.05, 0.1) is 0 Å². The summed E-state index contributed by atoms with van der Waals surface area (Å²) in [5.41, 5.74) is -0.760. The van der Waals surface area contributed by atoms with Gasteiger partial charge in [0.25, 0.3) is 0 Å². The Kier molecular flexibility index (Phi) is 5.27. The number of hydrogen-bond acceptors (Lipinski definition) is 5. The number of carboxylic acid groups (broad SMARTS) is 1. The smallest absolute Gasteiger partial charge is 0.324 e. The highest BCUT2D eigenvalue weighted by atomic mass is 32.2. The zero-order valence-electron chi connectivity index (χ0n) is 12.8. The Balaban J connectivity index is 1.95. The molecule has 7 heteroatoms. The lowest BCUT2D eigenvalue weighted by molar-refractivity contribution is -0.147. The fourth-order valence-corrected chi connectivity index (χ4v) is 4.09. The van der Waals surface area contributed by atoms with Gasteiger partial charge in [-0.05, 0) is 46.0 Å². The lowest BCUT2D eigenvalue weighted by Gasteiger charge is -2.34. The molecule has 2 atom stereocenters. The van der Waals surface area contributed by atoms with Crippen LogP contribution in [0, 0.1) is 12.8 Å². The molecule has 1 aliphatic carbocycles. The number of thioether (sulfide) groups is 1. The summed E-state index contributed by atoms with van der Waals surface area (Å²) in [5, 5.41) is 20.7. The maximum atomic E-state index is 11.8. The van der Waals surface area contributed by atoms with E-state index < -0.39 is 11.5 Å². The number of H-pyrrole nitrogens is 1. The fourth-order valence-electron chi connectivity index (χ4n) is 3.20. The highest BCUT2D eigenvalue weighted by Gasteiger charge is 2.48. The van der Waals surface area contributed by atoms with Crippen molar-refractivity contribution in [1.82, 2.24) is 20.5 Å². The zero-order chi connectivity index (χ0) is 15.5. The van der Waals surface area contributed by atoms with E-state index in [0.717, 1.165) is 42.4 Å². The van der Waals surface area contributed by atoms with Crippen molar-refractivity contribution >= 4 is 17.7 Å². The third-order valence-electron chi connectivity index (χ3n) is 4.02. The fraction of sp³-hybridized carbons (Fsp3) is 0.786. The molecule has 0 bridgehead atoms. The first-order chi connectivity index (χ1) is 9.94. The van der Waals surface area contributed by atoms with Gasteiger partial charge in [0.2, 0.25) is 5.16 Å². The monoisotopic (exact) mass is 312 g/mol. The summed E-state index contributed by atoms with van der Waals surface area (Å²) in [4.78, 5) is 16.1. The van der Waals surface area contributed by atoms with E-state index in [-0.39, 0.29) is 12.0 Å². The predicted octanol–water partition coefficient (Wildman–Crippen LogP) is 2.22. The molecular formula is C14H24N4O2S. The number of aromatic amines is 1.